The molecule has 27 heavy (non-hydrogen) atoms. The van der Waals surface area contributed by atoms with Gasteiger partial charge in [-0.05, 0) is 24.1 Å². The Bertz CT molecular complexity index is 914. The molecule has 1 aromatic rings. The number of phenolic OH excluding ortho intramolecular Hbond substituents is 1. The van der Waals surface area contributed by atoms with Crippen LogP contribution in [0, 0.1) is 5.82 Å². The lowest BCUT2D eigenvalue weighted by molar-refractivity contribution is -0.136. The molecule has 7 nitrogen and oxygen atoms in total. The number of benzene rings is 1. The van der Waals surface area contributed by atoms with Crippen LogP contribution in [0.2, 0.25) is 0 Å². The molecule has 0 aromatic heterocycles. The average Bonchev–Trinajstić information content (AvgIpc) is 3.09. The predicted molar refractivity (Wildman–Crippen MR) is 87.5 cm³/mol. The number of anilines is 1. The molecule has 12 heteroatoms. The molecular formula is C15H15F4N3O4S. The fourth-order valence-corrected chi connectivity index (χ4v) is 4.14. The van der Waals surface area contributed by atoms with E-state index in [1.165, 1.54) is 12.1 Å². The Labute approximate surface area is 151 Å². The van der Waals surface area contributed by atoms with Gasteiger partial charge < -0.3 is 10.4 Å². The number of phenols is 1. The third-order valence-electron chi connectivity index (χ3n) is 4.21. The molecule has 0 radical (unpaired) electrons. The molecule has 0 spiro atoms. The molecule has 0 saturated carbocycles. The van der Waals surface area contributed by atoms with Gasteiger partial charge in [-0.3, -0.25) is 4.79 Å². The Morgan fingerprint density at radius 1 is 1.30 bits per heavy atom. The van der Waals surface area contributed by atoms with Crippen LogP contribution in [0.3, 0.4) is 0 Å². The van der Waals surface area contributed by atoms with E-state index in [2.05, 4.69) is 5.32 Å². The van der Waals surface area contributed by atoms with Crippen molar-refractivity contribution in [3.8, 4) is 5.75 Å². The number of amides is 1. The lowest BCUT2D eigenvalue weighted by Gasteiger charge is -2.18. The summed E-state index contributed by atoms with van der Waals surface area (Å²) >= 11 is 0. The summed E-state index contributed by atoms with van der Waals surface area (Å²) in [5.74, 6) is -2.65. The molecule has 2 heterocycles. The zero-order valence-electron chi connectivity index (χ0n) is 13.7. The molecule has 1 atom stereocenters. The number of nitrogens with one attached hydrogen (secondary N) is 2. The largest absolute Gasteiger partial charge is 0.506 e. The van der Waals surface area contributed by atoms with Crippen LogP contribution < -0.4 is 14.3 Å². The van der Waals surface area contributed by atoms with Gasteiger partial charge in [-0.25, -0.2) is 13.4 Å². The van der Waals surface area contributed by atoms with Gasteiger partial charge in [0.05, 0.1) is 0 Å². The Kier molecular flexibility index (Phi) is 4.80. The number of rotatable bonds is 4. The van der Waals surface area contributed by atoms with Gasteiger partial charge in [-0.2, -0.15) is 21.6 Å². The summed E-state index contributed by atoms with van der Waals surface area (Å²) < 4.78 is 77.9. The number of carbonyl (C=O) groups is 1. The van der Waals surface area contributed by atoms with Crippen LogP contribution in [0.4, 0.5) is 23.2 Å². The van der Waals surface area contributed by atoms with E-state index in [-0.39, 0.29) is 18.5 Å². The first kappa shape index (κ1) is 19.4. The number of carbonyl (C=O) groups excluding carboxylic acids is 1. The maximum Gasteiger partial charge on any atom is 0.389 e. The number of alkyl halides is 3. The van der Waals surface area contributed by atoms with Crippen LogP contribution in [0.25, 0.3) is 5.57 Å². The van der Waals surface area contributed by atoms with Gasteiger partial charge in [-0.1, -0.05) is 6.08 Å². The quantitative estimate of drug-likeness (QED) is 0.654. The summed E-state index contributed by atoms with van der Waals surface area (Å²) in [6, 6.07) is 1.65. The van der Waals surface area contributed by atoms with Crippen molar-refractivity contribution in [2.75, 3.05) is 17.4 Å². The van der Waals surface area contributed by atoms with Crippen LogP contribution in [0.1, 0.15) is 18.4 Å². The van der Waals surface area contributed by atoms with Gasteiger partial charge in [-0.15, -0.1) is 0 Å². The van der Waals surface area contributed by atoms with Gasteiger partial charge in [0.25, 0.3) is 5.91 Å². The molecule has 3 N–H and O–H groups in total. The Hall–Kier alpha value is -2.34. The molecule has 2 aliphatic heterocycles. The lowest BCUT2D eigenvalue weighted by atomic mass is 10.0. The highest BCUT2D eigenvalue weighted by atomic mass is 32.2. The van der Waals surface area contributed by atoms with E-state index >= 15 is 0 Å². The van der Waals surface area contributed by atoms with E-state index in [4.69, 9.17) is 0 Å². The highest BCUT2D eigenvalue weighted by molar-refractivity contribution is 7.92. The van der Waals surface area contributed by atoms with Crippen molar-refractivity contribution in [2.24, 2.45) is 0 Å². The Morgan fingerprint density at radius 3 is 2.59 bits per heavy atom. The first-order valence-electron chi connectivity index (χ1n) is 7.84. The van der Waals surface area contributed by atoms with E-state index in [1.54, 1.807) is 4.72 Å². The molecule has 1 aromatic carbocycles. The van der Waals surface area contributed by atoms with E-state index in [0.29, 0.717) is 9.88 Å². The van der Waals surface area contributed by atoms with Crippen molar-refractivity contribution >= 4 is 27.4 Å². The van der Waals surface area contributed by atoms with E-state index in [9.17, 15) is 35.9 Å². The Morgan fingerprint density at radius 2 is 2.00 bits per heavy atom. The number of hydrogen-bond donors (Lipinski definition) is 3. The zero-order chi connectivity index (χ0) is 20.0. The molecule has 1 saturated heterocycles. The van der Waals surface area contributed by atoms with E-state index in [1.807, 2.05) is 0 Å². The second-order valence-electron chi connectivity index (χ2n) is 6.16. The average molecular weight is 409 g/mol. The minimum absolute atomic E-state index is 0.0700. The summed E-state index contributed by atoms with van der Waals surface area (Å²) in [6.07, 6.45) is -4.10. The first-order chi connectivity index (χ1) is 12.5. The van der Waals surface area contributed by atoms with Crippen molar-refractivity contribution in [1.29, 1.82) is 0 Å². The molecule has 148 valence electrons. The van der Waals surface area contributed by atoms with Crippen LogP contribution >= 0.6 is 0 Å². The van der Waals surface area contributed by atoms with E-state index in [0.717, 1.165) is 6.07 Å². The highest BCUT2D eigenvalue weighted by Gasteiger charge is 2.38. The van der Waals surface area contributed by atoms with Gasteiger partial charge >= 0.3 is 16.4 Å². The summed E-state index contributed by atoms with van der Waals surface area (Å²) in [6.45, 7) is -0.616. The summed E-state index contributed by atoms with van der Waals surface area (Å²) in [4.78, 5) is 11.4. The fourth-order valence-electron chi connectivity index (χ4n) is 2.98. The molecule has 1 amide bonds. The summed E-state index contributed by atoms with van der Waals surface area (Å²) in [5, 5.41) is 12.7. The molecule has 0 bridgehead atoms. The summed E-state index contributed by atoms with van der Waals surface area (Å²) in [5.41, 5.74) is -0.429. The van der Waals surface area contributed by atoms with Crippen LogP contribution in [-0.2, 0) is 15.0 Å². The minimum Gasteiger partial charge on any atom is -0.506 e. The molecule has 0 unspecified atom stereocenters. The second-order valence-corrected chi connectivity index (χ2v) is 7.76. The van der Waals surface area contributed by atoms with Crippen LogP contribution in [0.5, 0.6) is 5.75 Å². The molecular weight excluding hydrogens is 394 g/mol. The minimum atomic E-state index is -4.34. The number of nitrogens with zero attached hydrogens (tertiary/aromatic N) is 1. The van der Waals surface area contributed by atoms with Crippen molar-refractivity contribution in [3.05, 3.63) is 29.6 Å². The highest BCUT2D eigenvalue weighted by Crippen LogP contribution is 2.38. The molecule has 0 aliphatic carbocycles. The van der Waals surface area contributed by atoms with Gasteiger partial charge in [0.2, 0.25) is 0 Å². The summed E-state index contributed by atoms with van der Waals surface area (Å²) in [7, 11) is -4.34. The maximum atomic E-state index is 15.0. The topological polar surface area (TPSA) is 98.7 Å². The monoisotopic (exact) mass is 409 g/mol. The third-order valence-corrected chi connectivity index (χ3v) is 5.58. The third kappa shape index (κ3) is 4.00. The van der Waals surface area contributed by atoms with Crippen molar-refractivity contribution in [2.45, 2.75) is 25.1 Å². The number of hydrogen-bond acceptors (Lipinski definition) is 5. The zero-order valence-corrected chi connectivity index (χ0v) is 14.5. The van der Waals surface area contributed by atoms with Crippen LogP contribution in [0.15, 0.2) is 18.2 Å². The van der Waals surface area contributed by atoms with E-state index < -0.39 is 58.6 Å². The SMILES string of the molecule is O=C1CN(c2c(O)ccc(C3=C[C@@H](CCC(F)(F)F)NC3)c2F)S(=O)(=O)N1. The molecule has 1 fully saturated rings. The maximum absolute atomic E-state index is 15.0. The lowest BCUT2D eigenvalue weighted by Crippen LogP contribution is -2.30. The van der Waals surface area contributed by atoms with Gasteiger partial charge in [0.1, 0.15) is 18.0 Å². The van der Waals surface area contributed by atoms with Gasteiger partial charge in [0.15, 0.2) is 5.82 Å². The first-order valence-corrected chi connectivity index (χ1v) is 9.28. The predicted octanol–water partition coefficient (Wildman–Crippen LogP) is 1.41. The number of halogens is 4. The smallest absolute Gasteiger partial charge is 0.389 e. The Balaban J connectivity index is 1.92. The fraction of sp³-hybridized carbons (Fsp3) is 0.400. The molecule has 2 aliphatic rings. The molecule has 3 rings (SSSR count). The van der Waals surface area contributed by atoms with Crippen molar-refractivity contribution in [1.82, 2.24) is 10.0 Å². The van der Waals surface area contributed by atoms with Gasteiger partial charge in [0, 0.05) is 24.6 Å². The standard InChI is InChI=1S/C15H15F4N3O4S/c16-13-10(8-5-9(20-6-8)3-4-15(17,18)19)1-2-11(23)14(13)22-7-12(24)21-27(22,25)26/h1-2,5,9,20,23H,3-4,6-7H2,(H,21,24)/t9-/m1/s1. The second kappa shape index (κ2) is 6.68. The normalized spacial score (nSPS) is 22.1. The van der Waals surface area contributed by atoms with Crippen molar-refractivity contribution in [3.63, 3.8) is 0 Å². The van der Waals surface area contributed by atoms with Crippen LogP contribution in [-0.4, -0.2) is 44.7 Å². The van der Waals surface area contributed by atoms with Crippen molar-refractivity contribution < 1.29 is 35.9 Å². The number of aromatic hydroxyl groups is 1.